The van der Waals surface area contributed by atoms with Gasteiger partial charge in [0.15, 0.2) is 0 Å². The van der Waals surface area contributed by atoms with E-state index in [0.717, 1.165) is 16.7 Å². The number of aliphatic hydroxyl groups is 1. The highest BCUT2D eigenvalue weighted by Gasteiger charge is 2.45. The second-order valence-corrected chi connectivity index (χ2v) is 10.2. The molecule has 4 aromatic rings. The maximum absolute atomic E-state index is 13.3. The third-order valence-electron chi connectivity index (χ3n) is 7.28. The van der Waals surface area contributed by atoms with Crippen LogP contribution in [0.1, 0.15) is 33.9 Å². The number of rotatable bonds is 11. The molecule has 0 saturated carbocycles. The van der Waals surface area contributed by atoms with Gasteiger partial charge in [-0.25, -0.2) is 4.39 Å². The Morgan fingerprint density at radius 2 is 1.53 bits per heavy atom. The molecular formula is C35H32FNO6. The van der Waals surface area contributed by atoms with Crippen molar-refractivity contribution in [3.8, 4) is 11.5 Å². The highest BCUT2D eigenvalue weighted by atomic mass is 19.1. The lowest BCUT2D eigenvalue weighted by Gasteiger charge is -2.25. The van der Waals surface area contributed by atoms with Gasteiger partial charge in [-0.2, -0.15) is 0 Å². The normalized spacial score (nSPS) is 16.0. The van der Waals surface area contributed by atoms with Crippen molar-refractivity contribution < 1.29 is 33.3 Å². The smallest absolute Gasteiger partial charge is 0.295 e. The van der Waals surface area contributed by atoms with Crippen molar-refractivity contribution in [2.45, 2.75) is 26.2 Å². The second-order valence-electron chi connectivity index (χ2n) is 10.2. The number of hydrogen-bond donors (Lipinski definition) is 1. The zero-order valence-electron chi connectivity index (χ0n) is 24.0. The van der Waals surface area contributed by atoms with Gasteiger partial charge in [-0.05, 0) is 71.6 Å². The molecule has 220 valence electrons. The molecule has 4 aromatic carbocycles. The maximum Gasteiger partial charge on any atom is 0.295 e. The van der Waals surface area contributed by atoms with E-state index in [2.05, 4.69) is 0 Å². The molecule has 1 amide bonds. The number of carbonyl (C=O) groups is 2. The number of aryl methyl sites for hydroxylation is 1. The zero-order chi connectivity index (χ0) is 30.3. The number of Topliss-reactive ketones (excluding diaryl/α,β-unsaturated/α-hetero) is 1. The van der Waals surface area contributed by atoms with Crippen LogP contribution in [-0.4, -0.2) is 42.0 Å². The average Bonchev–Trinajstić information content (AvgIpc) is 3.28. The van der Waals surface area contributed by atoms with Crippen LogP contribution < -0.4 is 9.47 Å². The fourth-order valence-corrected chi connectivity index (χ4v) is 4.99. The quantitative estimate of drug-likeness (QED) is 0.126. The molecule has 1 N–H and O–H groups in total. The van der Waals surface area contributed by atoms with E-state index in [1.54, 1.807) is 54.6 Å². The van der Waals surface area contributed by atoms with Gasteiger partial charge < -0.3 is 24.2 Å². The number of methoxy groups -OCH3 is 1. The summed E-state index contributed by atoms with van der Waals surface area (Å²) in [4.78, 5) is 27.9. The number of benzene rings is 4. The predicted molar refractivity (Wildman–Crippen MR) is 160 cm³/mol. The van der Waals surface area contributed by atoms with Gasteiger partial charge in [0.25, 0.3) is 11.7 Å². The Kier molecular flexibility index (Phi) is 9.17. The van der Waals surface area contributed by atoms with Crippen molar-refractivity contribution in [3.63, 3.8) is 0 Å². The van der Waals surface area contributed by atoms with Crippen LogP contribution in [0.4, 0.5) is 4.39 Å². The first-order valence-corrected chi connectivity index (χ1v) is 13.9. The molecule has 1 aliphatic heterocycles. The Morgan fingerprint density at radius 1 is 0.860 bits per heavy atom. The molecule has 1 fully saturated rings. The standard InChI is InChI=1S/C35H32FNO6/c1-23-20-27(12-17-30(23)43-22-24-6-4-3-5-7-24)33(38)31-32(37(18-19-41-2)35(40)34(31)39)26-10-15-29(16-11-26)42-21-25-8-13-28(36)14-9-25/h3-17,20,32,38H,18-19,21-22H2,1-2H3/b33-31+. The molecule has 5 rings (SSSR count). The number of amides is 1. The molecule has 43 heavy (non-hydrogen) atoms. The summed E-state index contributed by atoms with van der Waals surface area (Å²) in [5.41, 5.74) is 3.64. The molecule has 0 bridgehead atoms. The first kappa shape index (κ1) is 29.5. The Hall–Kier alpha value is -4.95. The van der Waals surface area contributed by atoms with Gasteiger partial charge in [-0.1, -0.05) is 54.6 Å². The number of nitrogens with zero attached hydrogens (tertiary/aromatic N) is 1. The van der Waals surface area contributed by atoms with Gasteiger partial charge in [0.2, 0.25) is 0 Å². The van der Waals surface area contributed by atoms with E-state index in [1.165, 1.54) is 24.1 Å². The summed E-state index contributed by atoms with van der Waals surface area (Å²) in [5.74, 6) is -0.853. The summed E-state index contributed by atoms with van der Waals surface area (Å²) >= 11 is 0. The van der Waals surface area contributed by atoms with Crippen molar-refractivity contribution in [2.24, 2.45) is 0 Å². The molecule has 0 spiro atoms. The van der Waals surface area contributed by atoms with E-state index in [4.69, 9.17) is 14.2 Å². The topological polar surface area (TPSA) is 85.3 Å². The molecule has 1 saturated heterocycles. The first-order chi connectivity index (χ1) is 20.9. The molecule has 0 aliphatic carbocycles. The number of likely N-dealkylation sites (tertiary alicyclic amines) is 1. The van der Waals surface area contributed by atoms with Crippen LogP contribution in [-0.2, 0) is 27.5 Å². The average molecular weight is 582 g/mol. The second kappa shape index (κ2) is 13.4. The third kappa shape index (κ3) is 6.76. The summed E-state index contributed by atoms with van der Waals surface area (Å²) in [5, 5.41) is 11.4. The fraction of sp³-hybridized carbons (Fsp3) is 0.200. The van der Waals surface area contributed by atoms with Crippen LogP contribution in [0.3, 0.4) is 0 Å². The van der Waals surface area contributed by atoms with E-state index >= 15 is 0 Å². The van der Waals surface area contributed by atoms with Gasteiger partial charge in [0, 0.05) is 19.2 Å². The van der Waals surface area contributed by atoms with E-state index < -0.39 is 17.7 Å². The molecule has 1 heterocycles. The van der Waals surface area contributed by atoms with Crippen LogP contribution >= 0.6 is 0 Å². The fourth-order valence-electron chi connectivity index (χ4n) is 4.99. The number of ketones is 1. The molecule has 8 heteroatoms. The van der Waals surface area contributed by atoms with Crippen LogP contribution in [0.2, 0.25) is 0 Å². The van der Waals surface area contributed by atoms with E-state index in [9.17, 15) is 19.1 Å². The minimum Gasteiger partial charge on any atom is -0.507 e. The van der Waals surface area contributed by atoms with E-state index in [0.29, 0.717) is 29.2 Å². The van der Waals surface area contributed by atoms with E-state index in [-0.39, 0.29) is 36.9 Å². The predicted octanol–water partition coefficient (Wildman–Crippen LogP) is 6.36. The number of hydrogen-bond acceptors (Lipinski definition) is 6. The molecule has 0 radical (unpaired) electrons. The zero-order valence-corrected chi connectivity index (χ0v) is 24.0. The summed E-state index contributed by atoms with van der Waals surface area (Å²) in [6.45, 7) is 2.87. The van der Waals surface area contributed by atoms with Crippen molar-refractivity contribution in [1.29, 1.82) is 0 Å². The molecule has 1 aliphatic rings. The van der Waals surface area contributed by atoms with Crippen molar-refractivity contribution >= 4 is 17.4 Å². The number of halogens is 1. The van der Waals surface area contributed by atoms with Crippen molar-refractivity contribution in [1.82, 2.24) is 4.90 Å². The third-order valence-corrected chi connectivity index (χ3v) is 7.28. The van der Waals surface area contributed by atoms with Crippen LogP contribution in [0.15, 0.2) is 103 Å². The van der Waals surface area contributed by atoms with E-state index in [1.807, 2.05) is 37.3 Å². The molecule has 1 atom stereocenters. The summed E-state index contributed by atoms with van der Waals surface area (Å²) in [6, 6.07) is 27.1. The van der Waals surface area contributed by atoms with Crippen molar-refractivity contribution in [3.05, 3.63) is 136 Å². The van der Waals surface area contributed by atoms with Gasteiger partial charge in [-0.15, -0.1) is 0 Å². The largest absolute Gasteiger partial charge is 0.507 e. The maximum atomic E-state index is 13.3. The minimum absolute atomic E-state index is 0.00145. The Bertz CT molecular complexity index is 1620. The molecule has 0 aromatic heterocycles. The van der Waals surface area contributed by atoms with Crippen LogP contribution in [0.5, 0.6) is 11.5 Å². The molecule has 1 unspecified atom stereocenters. The van der Waals surface area contributed by atoms with Gasteiger partial charge in [0.05, 0.1) is 18.2 Å². The highest BCUT2D eigenvalue weighted by molar-refractivity contribution is 6.46. The SMILES string of the molecule is COCCN1C(=O)C(=O)/C(=C(/O)c2ccc(OCc3ccccc3)c(C)c2)C1c1ccc(OCc2ccc(F)cc2)cc1. The number of carbonyl (C=O) groups excluding carboxylic acids is 2. The van der Waals surface area contributed by atoms with Gasteiger partial charge in [-0.3, -0.25) is 9.59 Å². The lowest BCUT2D eigenvalue weighted by molar-refractivity contribution is -0.140. The summed E-state index contributed by atoms with van der Waals surface area (Å²) in [7, 11) is 1.52. The molecule has 7 nitrogen and oxygen atoms in total. The lowest BCUT2D eigenvalue weighted by atomic mass is 9.94. The van der Waals surface area contributed by atoms with Gasteiger partial charge in [0.1, 0.15) is 36.3 Å². The lowest BCUT2D eigenvalue weighted by Crippen LogP contribution is -2.32. The highest BCUT2D eigenvalue weighted by Crippen LogP contribution is 2.40. The Labute approximate surface area is 249 Å². The van der Waals surface area contributed by atoms with Crippen LogP contribution in [0, 0.1) is 12.7 Å². The molecular weight excluding hydrogens is 549 g/mol. The van der Waals surface area contributed by atoms with Crippen LogP contribution in [0.25, 0.3) is 5.76 Å². The van der Waals surface area contributed by atoms with Crippen molar-refractivity contribution in [2.75, 3.05) is 20.3 Å². The minimum atomic E-state index is -0.824. The van der Waals surface area contributed by atoms with Gasteiger partial charge >= 0.3 is 0 Å². The summed E-state index contributed by atoms with van der Waals surface area (Å²) in [6.07, 6.45) is 0. The monoisotopic (exact) mass is 581 g/mol. The number of aliphatic hydroxyl groups excluding tert-OH is 1. The Morgan fingerprint density at radius 3 is 2.21 bits per heavy atom. The Balaban J connectivity index is 1.41. The first-order valence-electron chi connectivity index (χ1n) is 13.9. The number of ether oxygens (including phenoxy) is 3. The summed E-state index contributed by atoms with van der Waals surface area (Å²) < 4.78 is 30.2.